The van der Waals surface area contributed by atoms with Crippen LogP contribution in [0.1, 0.15) is 5.56 Å². The first-order valence-electron chi connectivity index (χ1n) is 4.71. The van der Waals surface area contributed by atoms with Gasteiger partial charge in [0.15, 0.2) is 0 Å². The Morgan fingerprint density at radius 3 is 2.62 bits per heavy atom. The SMILES string of the molecule is O=C1NCCN1c1cccc(C(F)(F)F)c1. The van der Waals surface area contributed by atoms with Gasteiger partial charge >= 0.3 is 12.2 Å². The Morgan fingerprint density at radius 1 is 1.31 bits per heavy atom. The zero-order chi connectivity index (χ0) is 11.8. The molecule has 6 heteroatoms. The molecule has 1 aliphatic heterocycles. The lowest BCUT2D eigenvalue weighted by molar-refractivity contribution is -0.137. The Labute approximate surface area is 89.9 Å². The van der Waals surface area contributed by atoms with Gasteiger partial charge in [0.1, 0.15) is 0 Å². The van der Waals surface area contributed by atoms with E-state index in [1.54, 1.807) is 0 Å². The molecule has 0 spiro atoms. The van der Waals surface area contributed by atoms with Gasteiger partial charge in [0.2, 0.25) is 0 Å². The van der Waals surface area contributed by atoms with Crippen molar-refractivity contribution in [2.24, 2.45) is 0 Å². The summed E-state index contributed by atoms with van der Waals surface area (Å²) >= 11 is 0. The van der Waals surface area contributed by atoms with Crippen molar-refractivity contribution in [1.29, 1.82) is 0 Å². The molecular formula is C10H9F3N2O. The van der Waals surface area contributed by atoms with E-state index in [9.17, 15) is 18.0 Å². The van der Waals surface area contributed by atoms with Crippen molar-refractivity contribution < 1.29 is 18.0 Å². The number of benzene rings is 1. The number of carbonyl (C=O) groups excluding carboxylic acids is 1. The Balaban J connectivity index is 2.32. The minimum Gasteiger partial charge on any atom is -0.336 e. The van der Waals surface area contributed by atoms with Gasteiger partial charge in [-0.15, -0.1) is 0 Å². The van der Waals surface area contributed by atoms with Gasteiger partial charge in [0, 0.05) is 18.8 Å². The normalized spacial score (nSPS) is 16.4. The molecule has 1 N–H and O–H groups in total. The highest BCUT2D eigenvalue weighted by Gasteiger charge is 2.31. The molecule has 0 aromatic heterocycles. The van der Waals surface area contributed by atoms with Crippen molar-refractivity contribution in [1.82, 2.24) is 5.32 Å². The number of hydrogen-bond acceptors (Lipinski definition) is 1. The number of anilines is 1. The van der Waals surface area contributed by atoms with E-state index in [1.807, 2.05) is 0 Å². The fraction of sp³-hybridized carbons (Fsp3) is 0.300. The summed E-state index contributed by atoms with van der Waals surface area (Å²) in [5.74, 6) is 0. The fourth-order valence-electron chi connectivity index (χ4n) is 1.57. The van der Waals surface area contributed by atoms with Crippen LogP contribution in [0.4, 0.5) is 23.7 Å². The number of amides is 2. The number of carbonyl (C=O) groups is 1. The second-order valence-electron chi connectivity index (χ2n) is 3.43. The topological polar surface area (TPSA) is 32.3 Å². The number of rotatable bonds is 1. The number of nitrogens with one attached hydrogen (secondary N) is 1. The molecule has 1 aromatic carbocycles. The van der Waals surface area contributed by atoms with Crippen molar-refractivity contribution in [2.75, 3.05) is 18.0 Å². The van der Waals surface area contributed by atoms with E-state index in [0.717, 1.165) is 12.1 Å². The Morgan fingerprint density at radius 2 is 2.06 bits per heavy atom. The summed E-state index contributed by atoms with van der Waals surface area (Å²) in [6.45, 7) is 0.842. The maximum Gasteiger partial charge on any atom is 0.416 e. The number of halogens is 3. The van der Waals surface area contributed by atoms with Gasteiger partial charge in [0.25, 0.3) is 0 Å². The maximum absolute atomic E-state index is 12.4. The van der Waals surface area contributed by atoms with Crippen molar-refractivity contribution >= 4 is 11.7 Å². The zero-order valence-corrected chi connectivity index (χ0v) is 8.21. The van der Waals surface area contributed by atoms with Gasteiger partial charge < -0.3 is 5.32 Å². The number of nitrogens with zero attached hydrogens (tertiary/aromatic N) is 1. The summed E-state index contributed by atoms with van der Waals surface area (Å²) in [6.07, 6.45) is -4.38. The Kier molecular flexibility index (Phi) is 2.49. The predicted octanol–water partition coefficient (Wildman–Crippen LogP) is 2.24. The highest BCUT2D eigenvalue weighted by molar-refractivity contribution is 5.94. The lowest BCUT2D eigenvalue weighted by Gasteiger charge is -2.16. The van der Waals surface area contributed by atoms with Gasteiger partial charge in [-0.2, -0.15) is 13.2 Å². The van der Waals surface area contributed by atoms with Gasteiger partial charge in [-0.05, 0) is 18.2 Å². The van der Waals surface area contributed by atoms with Crippen molar-refractivity contribution in [3.63, 3.8) is 0 Å². The van der Waals surface area contributed by atoms with Crippen LogP contribution in [0.15, 0.2) is 24.3 Å². The van der Waals surface area contributed by atoms with Crippen LogP contribution in [-0.2, 0) is 6.18 Å². The molecule has 0 bridgehead atoms. The lowest BCUT2D eigenvalue weighted by Crippen LogP contribution is -2.27. The first-order valence-corrected chi connectivity index (χ1v) is 4.71. The van der Waals surface area contributed by atoms with Gasteiger partial charge in [-0.3, -0.25) is 4.90 Å². The molecule has 0 radical (unpaired) electrons. The quantitative estimate of drug-likeness (QED) is 0.788. The molecule has 86 valence electrons. The molecule has 1 aromatic rings. The van der Waals surface area contributed by atoms with Crippen LogP contribution in [-0.4, -0.2) is 19.1 Å². The van der Waals surface area contributed by atoms with Crippen LogP contribution in [0.2, 0.25) is 0 Å². The van der Waals surface area contributed by atoms with E-state index in [-0.39, 0.29) is 11.7 Å². The minimum atomic E-state index is -4.38. The van der Waals surface area contributed by atoms with Crippen molar-refractivity contribution in [2.45, 2.75) is 6.18 Å². The average molecular weight is 230 g/mol. The van der Waals surface area contributed by atoms with E-state index in [4.69, 9.17) is 0 Å². The molecule has 1 fully saturated rings. The summed E-state index contributed by atoms with van der Waals surface area (Å²) in [5.41, 5.74) is -0.477. The van der Waals surface area contributed by atoms with Gasteiger partial charge in [-0.1, -0.05) is 6.07 Å². The third-order valence-corrected chi connectivity index (χ3v) is 2.34. The van der Waals surface area contributed by atoms with E-state index < -0.39 is 11.7 Å². The Bertz CT molecular complexity index is 417. The molecule has 0 saturated carbocycles. The van der Waals surface area contributed by atoms with Crippen LogP contribution in [0, 0.1) is 0 Å². The number of hydrogen-bond donors (Lipinski definition) is 1. The molecule has 3 nitrogen and oxygen atoms in total. The second-order valence-corrected chi connectivity index (χ2v) is 3.43. The molecule has 1 heterocycles. The standard InChI is InChI=1S/C10H9F3N2O/c11-10(12,13)7-2-1-3-8(6-7)15-5-4-14-9(15)16/h1-3,6H,4-5H2,(H,14,16). The average Bonchev–Trinajstić information content (AvgIpc) is 2.63. The molecule has 2 rings (SSSR count). The van der Waals surface area contributed by atoms with Crippen LogP contribution in [0.3, 0.4) is 0 Å². The van der Waals surface area contributed by atoms with Crippen LogP contribution < -0.4 is 10.2 Å². The first-order chi connectivity index (χ1) is 7.48. The van der Waals surface area contributed by atoms with Crippen molar-refractivity contribution in [3.05, 3.63) is 29.8 Å². The van der Waals surface area contributed by atoms with E-state index in [0.29, 0.717) is 13.1 Å². The third kappa shape index (κ3) is 1.95. The molecule has 1 saturated heterocycles. The molecule has 0 atom stereocenters. The molecular weight excluding hydrogens is 221 g/mol. The highest BCUT2D eigenvalue weighted by atomic mass is 19.4. The monoisotopic (exact) mass is 230 g/mol. The summed E-state index contributed by atoms with van der Waals surface area (Å²) in [5, 5.41) is 2.53. The second kappa shape index (κ2) is 3.70. The number of urea groups is 1. The molecule has 16 heavy (non-hydrogen) atoms. The van der Waals surface area contributed by atoms with E-state index >= 15 is 0 Å². The zero-order valence-electron chi connectivity index (χ0n) is 8.21. The summed E-state index contributed by atoms with van der Waals surface area (Å²) in [4.78, 5) is 12.6. The molecule has 1 aliphatic rings. The van der Waals surface area contributed by atoms with E-state index in [2.05, 4.69) is 5.32 Å². The van der Waals surface area contributed by atoms with Crippen LogP contribution in [0.5, 0.6) is 0 Å². The first kappa shape index (κ1) is 10.8. The van der Waals surface area contributed by atoms with E-state index in [1.165, 1.54) is 17.0 Å². The highest BCUT2D eigenvalue weighted by Crippen LogP contribution is 2.31. The molecule has 0 aliphatic carbocycles. The molecule has 0 unspecified atom stereocenters. The minimum absolute atomic E-state index is 0.268. The van der Waals surface area contributed by atoms with Crippen LogP contribution >= 0.6 is 0 Å². The number of alkyl halides is 3. The fourth-order valence-corrected chi connectivity index (χ4v) is 1.57. The van der Waals surface area contributed by atoms with Gasteiger partial charge in [-0.25, -0.2) is 4.79 Å². The largest absolute Gasteiger partial charge is 0.416 e. The van der Waals surface area contributed by atoms with Crippen molar-refractivity contribution in [3.8, 4) is 0 Å². The third-order valence-electron chi connectivity index (χ3n) is 2.34. The maximum atomic E-state index is 12.4. The van der Waals surface area contributed by atoms with Crippen LogP contribution in [0.25, 0.3) is 0 Å². The summed E-state index contributed by atoms with van der Waals surface area (Å²) in [7, 11) is 0. The smallest absolute Gasteiger partial charge is 0.336 e. The Hall–Kier alpha value is -1.72. The summed E-state index contributed by atoms with van der Waals surface area (Å²) in [6, 6.07) is 4.38. The lowest BCUT2D eigenvalue weighted by atomic mass is 10.2. The summed E-state index contributed by atoms with van der Waals surface area (Å²) < 4.78 is 37.3. The predicted molar refractivity (Wildman–Crippen MR) is 52.2 cm³/mol. The molecule has 2 amide bonds. The van der Waals surface area contributed by atoms with Gasteiger partial charge in [0.05, 0.1) is 5.56 Å².